The van der Waals surface area contributed by atoms with Gasteiger partial charge >= 0.3 is 0 Å². The fraction of sp³-hybridized carbons (Fsp3) is 0. The Morgan fingerprint density at radius 3 is 0.0144 bits per heavy atom. The van der Waals surface area contributed by atoms with Gasteiger partial charge in [-0.15, -0.1) is 0 Å². The Hall–Kier alpha value is 153. The summed E-state index contributed by atoms with van der Waals surface area (Å²) in [5.74, 6) is 0. The van der Waals surface area contributed by atoms with Gasteiger partial charge in [-0.2, -0.15) is 9.90 Å². The van der Waals surface area contributed by atoms with Crippen molar-refractivity contribution in [3.8, 4) is 0 Å². The summed E-state index contributed by atoms with van der Waals surface area (Å²) in [6, 6.07) is 0. The zero-order valence-corrected chi connectivity index (χ0v) is 473. The van der Waals surface area contributed by atoms with Crippen LogP contribution in [0.3, 0.4) is 0 Å². The Balaban J connectivity index is 0. The van der Waals surface area contributed by atoms with Crippen LogP contribution in [0.1, 0.15) is 0 Å². The molecule has 139 heavy (non-hydrogen) atoms. The van der Waals surface area contributed by atoms with Crippen molar-refractivity contribution in [3.05, 3.63) is 0 Å². The molecule has 0 aromatic rings. The smallest absolute Gasteiger partial charge is 0 e. The number of hydrogen-bond acceptors (Lipinski definition) is 0. The van der Waals surface area contributed by atoms with Gasteiger partial charge < -0.3 is 0 Å². The minimum Gasteiger partial charge on any atom is -0.153 e. The molecule has 0 saturated carbocycles. The van der Waals surface area contributed by atoms with Crippen molar-refractivity contribution >= 4 is 9.90 Å². The first-order valence-electron chi connectivity index (χ1n) is 0. The molecule has 0 aliphatic rings. The average Bonchev–Trinajstić information content (AvgIpc) is 0. The Morgan fingerprint density at radius 2 is 0.0144 bits per heavy atom. The quantitative estimate of drug-likeness (QED) is 0.294. The first kappa shape index (κ1) is 1060. The summed E-state index contributed by atoms with van der Waals surface area (Å²) in [6.45, 7) is 0. The molecule has 0 aliphatic heterocycles. The summed E-state index contributed by atoms with van der Waals surface area (Å²) in [6.07, 6.45) is 0. The van der Waals surface area contributed by atoms with Gasteiger partial charge in [-0.3, -0.25) is 0 Å². The SMILES string of the molecule is P.[Y].[Y].[Y].[Y].[Y].[Y].[Y].[Y].[Y].[Y].[Y].[Y].[Y].[Y].[Y].[Y].[Y].[Y].[Y].[Y].[Y].[Y].[Y].[Y].[Y].[Y].[Y].[Y].[Y].[Y].[Y].[Y].[Y].[Y].[Y].[Y].[Y].[Y].[Y].[Y].[Y].[Y].[Y].[Y].[Y].[Y].[Y].[Y].[Y].[Y].[Y].[Y].[Y].[Y].[Y].[Y].[Y].[Y].[Y].[Y].[Y].[Y].[Y].[Y].[Y].[Y].[Y].[Y].[Y].[Y].[Y].[Y].[Y].[Y].[Y].[Y].[Y].[Y].[Y].[Y].[Y].[Y].[Y].[Y].[Y].[Y].[Y].[Y].[Y].[Y].[Y].[Y].[Y].[Y].[Y].[Y].[Y].[Y].[Y].[Y].[Y].[Y].[Y].[Y].[Y].[Y].[Y].[Y].[Y].[Y].[Y].[Y].[Y].[Y].[Y].[Y].[Y].[Y].[Y].[Y].[Y].[Y].[Y].[Y].[Y].[Y].[Y].[Y].[Y].[Y].[Y].[Y].[Y].[Y].[Y].[Y].[Y].[Y]. The van der Waals surface area contributed by atoms with Gasteiger partial charge in [0.25, 0.3) is 0 Å². The molecule has 0 aromatic carbocycles. The fourth-order valence-corrected chi connectivity index (χ4v) is 0. The summed E-state index contributed by atoms with van der Waals surface area (Å²) in [5, 5.41) is 0. The normalized spacial score (nSPS) is 0. The Labute approximate surface area is 4340 Å². The summed E-state index contributed by atoms with van der Waals surface area (Å²) in [7, 11) is 0. The van der Waals surface area contributed by atoms with Gasteiger partial charge in [-0.1, -0.05) is 0 Å². The maximum absolute atomic E-state index is 0. The topological polar surface area (TPSA) is 0 Å². The van der Waals surface area contributed by atoms with Gasteiger partial charge in [-0.25, -0.2) is 0 Å². The Kier molecular flexibility index (Phi) is 7950. The van der Waals surface area contributed by atoms with E-state index in [4.69, 9.17) is 0 Å². The summed E-state index contributed by atoms with van der Waals surface area (Å²) < 4.78 is 0. The predicted molar refractivity (Wildman–Crippen MR) is 11.1 cm³/mol. The minimum absolute atomic E-state index is 0. The Morgan fingerprint density at radius 1 is 0.0144 bits per heavy atom. The first-order valence-corrected chi connectivity index (χ1v) is 0. The molecule has 0 aliphatic carbocycles. The molecular weight excluding hydrogens is 12300 g/mol. The van der Waals surface area contributed by atoms with Crippen molar-refractivity contribution in [2.45, 2.75) is 0 Å². The summed E-state index contributed by atoms with van der Waals surface area (Å²) in [5.41, 5.74) is 0. The van der Waals surface area contributed by atoms with Gasteiger partial charge in [0.1, 0.15) is 0 Å². The molecule has 0 bridgehead atoms. The van der Waals surface area contributed by atoms with E-state index >= 15 is 0 Å². The van der Waals surface area contributed by atoms with E-state index in [1.165, 1.54) is 0 Å². The third-order valence-electron chi connectivity index (χ3n) is 0. The van der Waals surface area contributed by atoms with E-state index in [2.05, 4.69) is 0 Å². The minimum atomic E-state index is 0. The van der Waals surface area contributed by atoms with E-state index in [-0.39, 0.29) is 4520 Å². The van der Waals surface area contributed by atoms with Gasteiger partial charge in [-0.05, 0) is 0 Å². The van der Waals surface area contributed by atoms with E-state index in [9.17, 15) is 0 Å². The first-order chi connectivity index (χ1) is 0. The molecule has 0 N–H and O–H groups in total. The van der Waals surface area contributed by atoms with E-state index in [1.807, 2.05) is 0 Å². The molecular formula is H3PY138. The van der Waals surface area contributed by atoms with Crippen LogP contribution in [0.4, 0.5) is 0 Å². The van der Waals surface area contributed by atoms with Crippen molar-refractivity contribution in [3.63, 3.8) is 0 Å². The van der Waals surface area contributed by atoms with E-state index in [0.717, 1.165) is 0 Å². The van der Waals surface area contributed by atoms with Gasteiger partial charge in [0.05, 0.1) is 0 Å². The Bertz CT molecular complexity index is 8.56. The molecule has 1 atom stereocenters. The molecule has 0 nitrogen and oxygen atoms in total. The summed E-state index contributed by atoms with van der Waals surface area (Å²) >= 11 is 0. The van der Waals surface area contributed by atoms with Crippen molar-refractivity contribution < 1.29 is 4510 Å². The van der Waals surface area contributed by atoms with Crippen LogP contribution in [-0.2, 0) is 4510 Å². The molecule has 1 unspecified atom stereocenters. The van der Waals surface area contributed by atoms with E-state index in [0.29, 0.717) is 0 Å². The molecule has 0 rings (SSSR count). The zero-order valence-electron chi connectivity index (χ0n) is 80.4. The molecule has 0 saturated heterocycles. The standard InChI is InChI=1S/H3P.138Y/h1H3;;;;;;;;;;;;;;;;;;;;;;;;;;;;;;;;;;;;;;;;;;;;;;;;;;;;;;;;;;;;;;;;;;;;;;;;;;;;;;;;;;;;;;;;;;;;;;;;;;;;;;;;;;;;;;;;;;;;;;;;;;;;;;;;;;;;;;;;;;. The van der Waals surface area contributed by atoms with Crippen LogP contribution >= 0.6 is 9.90 Å². The van der Waals surface area contributed by atoms with Crippen LogP contribution in [0, 0.1) is 0 Å². The molecule has 138 radical (unpaired) electrons. The van der Waals surface area contributed by atoms with Crippen molar-refractivity contribution in [1.82, 2.24) is 0 Å². The molecule has 0 aromatic heterocycles. The third kappa shape index (κ3) is 1040. The van der Waals surface area contributed by atoms with Gasteiger partial charge in [0, 0.05) is 4510 Å². The third-order valence-corrected chi connectivity index (χ3v) is 0. The number of rotatable bonds is 0. The van der Waals surface area contributed by atoms with Crippen LogP contribution < -0.4 is 0 Å². The van der Waals surface area contributed by atoms with Gasteiger partial charge in [0.15, 0.2) is 0 Å². The van der Waals surface area contributed by atoms with Crippen molar-refractivity contribution in [2.75, 3.05) is 0 Å². The van der Waals surface area contributed by atoms with E-state index in [1.54, 1.807) is 0 Å². The molecule has 422 valence electrons. The molecule has 0 amide bonds. The molecule has 0 spiro atoms. The second-order valence-corrected chi connectivity index (χ2v) is 0. The molecule has 0 heterocycles. The molecule has 0 fully saturated rings. The van der Waals surface area contributed by atoms with Crippen LogP contribution in [0.25, 0.3) is 0 Å². The summed E-state index contributed by atoms with van der Waals surface area (Å²) in [4.78, 5) is 0. The van der Waals surface area contributed by atoms with Crippen LogP contribution in [-0.4, -0.2) is 0 Å². The van der Waals surface area contributed by atoms with Crippen LogP contribution in [0.5, 0.6) is 0 Å². The second-order valence-electron chi connectivity index (χ2n) is 0. The maximum atomic E-state index is 0. The van der Waals surface area contributed by atoms with Gasteiger partial charge in [0.2, 0.25) is 0 Å². The maximum Gasteiger partial charge on any atom is 0 e. The monoisotopic (exact) mass is 12300 g/mol. The van der Waals surface area contributed by atoms with Crippen LogP contribution in [0.15, 0.2) is 0 Å². The zero-order chi connectivity index (χ0) is 0. The van der Waals surface area contributed by atoms with Crippen molar-refractivity contribution in [1.29, 1.82) is 0 Å². The van der Waals surface area contributed by atoms with Crippen LogP contribution in [0.2, 0.25) is 0 Å². The van der Waals surface area contributed by atoms with E-state index < -0.39 is 0 Å². The molecule has 139 heteroatoms. The predicted octanol–water partition coefficient (Wildman–Crippen LogP) is -0.287. The largest absolute Gasteiger partial charge is 0.153 e. The van der Waals surface area contributed by atoms with Crippen molar-refractivity contribution in [2.24, 2.45) is 0 Å². The average molecular weight is 12300 g/mol. The second kappa shape index (κ2) is 1050. The fourth-order valence-electron chi connectivity index (χ4n) is 0. The number of hydrogen-bond donors (Lipinski definition) is 0.